The average Bonchev–Trinajstić information content (AvgIpc) is 2.92. The van der Waals surface area contributed by atoms with E-state index in [1.165, 1.54) is 12.8 Å². The molecule has 4 heteroatoms. The van der Waals surface area contributed by atoms with E-state index in [1.54, 1.807) is 0 Å². The van der Waals surface area contributed by atoms with Crippen molar-refractivity contribution < 1.29 is 19.8 Å². The molecule has 0 aliphatic rings. The highest BCUT2D eigenvalue weighted by Gasteiger charge is 2.29. The molecule has 4 nitrogen and oxygen atoms in total. The molecule has 0 amide bonds. The van der Waals surface area contributed by atoms with Crippen LogP contribution < -0.4 is 0 Å². The zero-order valence-corrected chi connectivity index (χ0v) is 25.5. The minimum Gasteiger partial charge on any atom is -0.481 e. The second-order valence-electron chi connectivity index (χ2n) is 10.6. The van der Waals surface area contributed by atoms with Crippen molar-refractivity contribution >= 4 is 11.9 Å². The van der Waals surface area contributed by atoms with Gasteiger partial charge >= 0.3 is 11.9 Å². The SMILES string of the molecule is CCC=CCC=CCC=CCCCCCCC(C(=O)O)C(CCCCCC=CC=CC=CCCCC)CC(=O)O. The Morgan fingerprint density at radius 3 is 1.70 bits per heavy atom. The van der Waals surface area contributed by atoms with Crippen LogP contribution in [-0.2, 0) is 9.59 Å². The first-order valence-corrected chi connectivity index (χ1v) is 15.9. The Morgan fingerprint density at radius 2 is 1.10 bits per heavy atom. The lowest BCUT2D eigenvalue weighted by atomic mass is 9.82. The molecule has 0 fully saturated rings. The van der Waals surface area contributed by atoms with Crippen molar-refractivity contribution in [1.82, 2.24) is 0 Å². The van der Waals surface area contributed by atoms with Crippen LogP contribution in [0.5, 0.6) is 0 Å². The molecule has 0 aromatic carbocycles. The maximum Gasteiger partial charge on any atom is 0.306 e. The highest BCUT2D eigenvalue weighted by molar-refractivity contribution is 5.72. The largest absolute Gasteiger partial charge is 0.481 e. The van der Waals surface area contributed by atoms with Crippen LogP contribution in [0.3, 0.4) is 0 Å². The van der Waals surface area contributed by atoms with E-state index in [4.69, 9.17) is 0 Å². The maximum absolute atomic E-state index is 12.0. The van der Waals surface area contributed by atoms with E-state index in [-0.39, 0.29) is 12.3 Å². The van der Waals surface area contributed by atoms with Gasteiger partial charge in [-0.1, -0.05) is 132 Å². The van der Waals surface area contributed by atoms with Gasteiger partial charge in [0, 0.05) is 6.42 Å². The summed E-state index contributed by atoms with van der Waals surface area (Å²) in [6.07, 6.45) is 42.6. The second kappa shape index (κ2) is 29.4. The summed E-state index contributed by atoms with van der Waals surface area (Å²) in [5, 5.41) is 19.2. The predicted molar refractivity (Wildman–Crippen MR) is 172 cm³/mol. The molecule has 0 saturated carbocycles. The van der Waals surface area contributed by atoms with E-state index in [2.05, 4.69) is 80.7 Å². The van der Waals surface area contributed by atoms with Gasteiger partial charge in [-0.05, 0) is 70.1 Å². The molecule has 0 saturated heterocycles. The van der Waals surface area contributed by atoms with Gasteiger partial charge in [0.2, 0.25) is 0 Å². The molecule has 2 N–H and O–H groups in total. The molecule has 0 rings (SSSR count). The molecule has 2 atom stereocenters. The van der Waals surface area contributed by atoms with Crippen LogP contribution in [0.2, 0.25) is 0 Å². The maximum atomic E-state index is 12.0. The Hall–Kier alpha value is -2.62. The number of aliphatic carboxylic acids is 2. The zero-order chi connectivity index (χ0) is 29.5. The second-order valence-corrected chi connectivity index (χ2v) is 10.6. The number of allylic oxidation sites excluding steroid dienone is 12. The highest BCUT2D eigenvalue weighted by atomic mass is 16.4. The first-order valence-electron chi connectivity index (χ1n) is 15.9. The molecular formula is C36H58O4. The van der Waals surface area contributed by atoms with E-state index < -0.39 is 17.9 Å². The van der Waals surface area contributed by atoms with Gasteiger partial charge in [0.1, 0.15) is 0 Å². The molecule has 0 aromatic rings. The fraction of sp³-hybridized carbons (Fsp3) is 0.611. The summed E-state index contributed by atoms with van der Waals surface area (Å²) in [6, 6.07) is 0. The molecule has 0 aliphatic heterocycles. The third-order valence-electron chi connectivity index (χ3n) is 7.01. The Bertz CT molecular complexity index is 785. The van der Waals surface area contributed by atoms with Crippen LogP contribution in [0.4, 0.5) is 0 Å². The van der Waals surface area contributed by atoms with Crippen molar-refractivity contribution in [3.05, 3.63) is 72.9 Å². The quantitative estimate of drug-likeness (QED) is 0.0601. The summed E-state index contributed by atoms with van der Waals surface area (Å²) in [6.45, 7) is 4.33. The lowest BCUT2D eigenvalue weighted by Crippen LogP contribution is -2.26. The Morgan fingerprint density at radius 1 is 0.575 bits per heavy atom. The first kappa shape index (κ1) is 37.4. The van der Waals surface area contributed by atoms with Crippen molar-refractivity contribution in [1.29, 1.82) is 0 Å². The minimum atomic E-state index is -0.895. The van der Waals surface area contributed by atoms with E-state index in [0.717, 1.165) is 83.5 Å². The van der Waals surface area contributed by atoms with E-state index >= 15 is 0 Å². The summed E-state index contributed by atoms with van der Waals surface area (Å²) in [7, 11) is 0. The van der Waals surface area contributed by atoms with Crippen molar-refractivity contribution in [2.45, 2.75) is 129 Å². The fourth-order valence-electron chi connectivity index (χ4n) is 4.68. The number of carbonyl (C=O) groups is 2. The molecule has 0 aliphatic carbocycles. The minimum absolute atomic E-state index is 0.0540. The summed E-state index contributed by atoms with van der Waals surface area (Å²) in [5.74, 6) is -2.59. The monoisotopic (exact) mass is 554 g/mol. The lowest BCUT2D eigenvalue weighted by molar-refractivity contribution is -0.146. The molecule has 226 valence electrons. The van der Waals surface area contributed by atoms with E-state index in [9.17, 15) is 19.8 Å². The number of carboxylic acids is 2. The van der Waals surface area contributed by atoms with Crippen molar-refractivity contribution in [3.63, 3.8) is 0 Å². The third-order valence-corrected chi connectivity index (χ3v) is 7.01. The topological polar surface area (TPSA) is 74.6 Å². The van der Waals surface area contributed by atoms with Crippen LogP contribution in [0.1, 0.15) is 129 Å². The van der Waals surface area contributed by atoms with Gasteiger partial charge < -0.3 is 10.2 Å². The molecule has 0 spiro atoms. The summed E-state index contributed by atoms with van der Waals surface area (Å²) in [5.41, 5.74) is 0. The van der Waals surface area contributed by atoms with Crippen LogP contribution >= 0.6 is 0 Å². The number of unbranched alkanes of at least 4 members (excludes halogenated alkanes) is 9. The standard InChI is InChI=1S/C36H58O4/c1-3-5-7-9-11-13-15-17-19-21-23-25-27-29-31-34(36(39)40)33(32-35(37)38)30-28-26-24-22-20-18-16-14-12-10-8-6-4-2/h5,7,10-14,16-20,33-34H,3-4,6,8-9,15,21-32H2,1-2H3,(H,37,38)(H,39,40). The molecule has 40 heavy (non-hydrogen) atoms. The van der Waals surface area contributed by atoms with Crippen molar-refractivity contribution in [3.8, 4) is 0 Å². The molecule has 0 aromatic heterocycles. The Balaban J connectivity index is 4.22. The van der Waals surface area contributed by atoms with E-state index in [0.29, 0.717) is 12.8 Å². The van der Waals surface area contributed by atoms with Gasteiger partial charge in [-0.25, -0.2) is 0 Å². The molecule has 0 radical (unpaired) electrons. The number of carboxylic acid groups (broad SMARTS) is 2. The van der Waals surface area contributed by atoms with Gasteiger partial charge in [-0.3, -0.25) is 9.59 Å². The van der Waals surface area contributed by atoms with Gasteiger partial charge in [0.25, 0.3) is 0 Å². The van der Waals surface area contributed by atoms with Gasteiger partial charge in [-0.15, -0.1) is 0 Å². The number of hydrogen-bond donors (Lipinski definition) is 2. The third kappa shape index (κ3) is 25.6. The predicted octanol–water partition coefficient (Wildman–Crippen LogP) is 10.8. The first-order chi connectivity index (χ1) is 19.5. The summed E-state index contributed by atoms with van der Waals surface area (Å²) in [4.78, 5) is 23.4. The average molecular weight is 555 g/mol. The van der Waals surface area contributed by atoms with E-state index in [1.807, 2.05) is 6.08 Å². The van der Waals surface area contributed by atoms with Gasteiger partial charge in [0.05, 0.1) is 5.92 Å². The van der Waals surface area contributed by atoms with Crippen molar-refractivity contribution in [2.24, 2.45) is 11.8 Å². The summed E-state index contributed by atoms with van der Waals surface area (Å²) >= 11 is 0. The Kier molecular flexibility index (Phi) is 27.4. The van der Waals surface area contributed by atoms with Crippen molar-refractivity contribution in [2.75, 3.05) is 0 Å². The number of hydrogen-bond acceptors (Lipinski definition) is 2. The lowest BCUT2D eigenvalue weighted by Gasteiger charge is -2.22. The molecular weight excluding hydrogens is 496 g/mol. The van der Waals surface area contributed by atoms with Crippen LogP contribution in [-0.4, -0.2) is 22.2 Å². The fourth-order valence-corrected chi connectivity index (χ4v) is 4.68. The van der Waals surface area contributed by atoms with Gasteiger partial charge in [-0.2, -0.15) is 0 Å². The highest BCUT2D eigenvalue weighted by Crippen LogP contribution is 2.28. The molecule has 0 heterocycles. The normalized spacial score (nSPS) is 14.2. The van der Waals surface area contributed by atoms with Crippen LogP contribution in [0.15, 0.2) is 72.9 Å². The van der Waals surface area contributed by atoms with Gasteiger partial charge in [0.15, 0.2) is 0 Å². The molecule has 2 unspecified atom stereocenters. The summed E-state index contributed by atoms with van der Waals surface area (Å²) < 4.78 is 0. The smallest absolute Gasteiger partial charge is 0.306 e. The van der Waals surface area contributed by atoms with Crippen LogP contribution in [0.25, 0.3) is 0 Å². The molecule has 0 bridgehead atoms. The zero-order valence-electron chi connectivity index (χ0n) is 25.5. The van der Waals surface area contributed by atoms with Crippen LogP contribution in [0, 0.1) is 11.8 Å². The number of rotatable bonds is 27. The Labute approximate surface area is 245 Å².